The first kappa shape index (κ1) is 28.4. The van der Waals surface area contributed by atoms with Crippen LogP contribution in [0.15, 0.2) is 0 Å². The molecule has 1 aliphatic heterocycles. The molecule has 10 nitrogen and oxygen atoms in total. The number of nitrogens with zero attached hydrogens (tertiary/aromatic N) is 2. The Balaban J connectivity index is 1.69. The number of Topliss-reactive ketones (excluding diaryl/α,β-unsaturated/α-hetero) is 4. The molecule has 1 amide bonds. The summed E-state index contributed by atoms with van der Waals surface area (Å²) in [6, 6.07) is -1.33. The number of phenolic OH excluding ortho intramolecular Hbond substituents is 1. The highest BCUT2D eigenvalue weighted by Gasteiger charge is 2.69. The maximum Gasteiger partial charge on any atom is 0.417 e. The first-order valence-electron chi connectivity index (χ1n) is 13.1. The van der Waals surface area contributed by atoms with Crippen LogP contribution in [0.5, 0.6) is 5.75 Å². The van der Waals surface area contributed by atoms with Crippen molar-refractivity contribution in [2.24, 2.45) is 29.4 Å². The highest BCUT2D eigenvalue weighted by molar-refractivity contribution is 6.32. The number of hydrogen-bond acceptors (Lipinski definition) is 9. The second kappa shape index (κ2) is 9.18. The number of carbonyl (C=O) groups is 5. The minimum Gasteiger partial charge on any atom is -0.507 e. The summed E-state index contributed by atoms with van der Waals surface area (Å²) in [6.45, 7) is 2.24. The van der Waals surface area contributed by atoms with E-state index in [1.54, 1.807) is 4.90 Å². The molecule has 0 saturated heterocycles. The maximum absolute atomic E-state index is 14.6. The number of nitrogens with two attached hydrogens (primary N) is 1. The van der Waals surface area contributed by atoms with Crippen LogP contribution < -0.4 is 5.73 Å². The van der Waals surface area contributed by atoms with E-state index >= 15 is 0 Å². The molecule has 0 aromatic heterocycles. The van der Waals surface area contributed by atoms with Crippen LogP contribution in [0.4, 0.5) is 13.2 Å². The summed E-state index contributed by atoms with van der Waals surface area (Å²) in [5, 5.41) is 22.7. The Morgan fingerprint density at radius 1 is 1.10 bits per heavy atom. The summed E-state index contributed by atoms with van der Waals surface area (Å²) in [6.07, 6.45) is -4.97. The van der Waals surface area contributed by atoms with E-state index in [-0.39, 0.29) is 30.6 Å². The number of rotatable bonds is 4. The monoisotopic (exact) mass is 565 g/mol. The van der Waals surface area contributed by atoms with Gasteiger partial charge in [-0.3, -0.25) is 33.8 Å². The number of alkyl halides is 3. The molecule has 0 spiro atoms. The molecule has 1 aromatic carbocycles. The number of halogens is 3. The molecule has 13 heteroatoms. The lowest BCUT2D eigenvalue weighted by molar-refractivity contribution is -0.181. The number of amides is 1. The van der Waals surface area contributed by atoms with Crippen molar-refractivity contribution in [3.05, 3.63) is 27.8 Å². The Morgan fingerprint density at radius 2 is 1.73 bits per heavy atom. The predicted octanol–water partition coefficient (Wildman–Crippen LogP) is 0.611. The third kappa shape index (κ3) is 3.70. The Labute approximate surface area is 227 Å². The molecule has 3 aliphatic carbocycles. The Morgan fingerprint density at radius 3 is 2.27 bits per heavy atom. The normalized spacial score (nSPS) is 32.1. The summed E-state index contributed by atoms with van der Waals surface area (Å²) in [5.74, 6) is -13.1. The minimum atomic E-state index is -4.87. The number of carbonyl (C=O) groups excluding carboxylic acids is 5. The van der Waals surface area contributed by atoms with Crippen LogP contribution in [0, 0.1) is 23.7 Å². The predicted molar refractivity (Wildman–Crippen MR) is 131 cm³/mol. The smallest absolute Gasteiger partial charge is 0.417 e. The van der Waals surface area contributed by atoms with Crippen molar-refractivity contribution < 1.29 is 47.4 Å². The van der Waals surface area contributed by atoms with Crippen LogP contribution in [-0.4, -0.2) is 81.3 Å². The molecule has 216 valence electrons. The van der Waals surface area contributed by atoms with Crippen molar-refractivity contribution >= 4 is 29.0 Å². The van der Waals surface area contributed by atoms with E-state index in [4.69, 9.17) is 5.73 Å². The molecule has 6 atom stereocenters. The number of hydrogen-bond donors (Lipinski definition) is 3. The maximum atomic E-state index is 14.6. The number of primary amides is 1. The quantitative estimate of drug-likeness (QED) is 0.445. The molecule has 0 radical (unpaired) electrons. The average Bonchev–Trinajstić information content (AvgIpc) is 3.24. The zero-order chi connectivity index (χ0) is 29.6. The zero-order valence-corrected chi connectivity index (χ0v) is 22.2. The second-order valence-electron chi connectivity index (χ2n) is 11.5. The molecule has 40 heavy (non-hydrogen) atoms. The van der Waals surface area contributed by atoms with Gasteiger partial charge in [-0.05, 0) is 56.9 Å². The number of phenols is 1. The number of fused-ring (bicyclic) bond motifs is 4. The summed E-state index contributed by atoms with van der Waals surface area (Å²) in [7, 11) is 2.86. The molecule has 0 bridgehead atoms. The van der Waals surface area contributed by atoms with E-state index in [1.807, 2.05) is 6.92 Å². The fraction of sp³-hybridized carbons (Fsp3) is 0.593. The molecule has 4 N–H and O–H groups in total. The molecule has 4 aliphatic rings. The number of ketones is 4. The van der Waals surface area contributed by atoms with Gasteiger partial charge in [-0.15, -0.1) is 0 Å². The van der Waals surface area contributed by atoms with Gasteiger partial charge in [0.15, 0.2) is 34.7 Å². The van der Waals surface area contributed by atoms with Gasteiger partial charge in [0.2, 0.25) is 5.91 Å². The van der Waals surface area contributed by atoms with Crippen LogP contribution in [0.2, 0.25) is 0 Å². The van der Waals surface area contributed by atoms with Crippen molar-refractivity contribution in [3.8, 4) is 5.75 Å². The summed E-state index contributed by atoms with van der Waals surface area (Å²) in [4.78, 5) is 69.3. The first-order chi connectivity index (χ1) is 18.6. The highest BCUT2D eigenvalue weighted by Crippen LogP contribution is 2.54. The van der Waals surface area contributed by atoms with Gasteiger partial charge < -0.3 is 15.9 Å². The third-order valence-corrected chi connectivity index (χ3v) is 9.03. The van der Waals surface area contributed by atoms with Crippen LogP contribution in [-0.2, 0) is 44.9 Å². The summed E-state index contributed by atoms with van der Waals surface area (Å²) >= 11 is 0. The molecule has 1 heterocycles. The van der Waals surface area contributed by atoms with Crippen molar-refractivity contribution in [1.82, 2.24) is 9.80 Å². The van der Waals surface area contributed by atoms with E-state index in [1.165, 1.54) is 19.0 Å². The van der Waals surface area contributed by atoms with Crippen LogP contribution in [0.3, 0.4) is 0 Å². The molecular weight excluding hydrogens is 535 g/mol. The third-order valence-electron chi connectivity index (χ3n) is 9.03. The van der Waals surface area contributed by atoms with Crippen molar-refractivity contribution in [1.29, 1.82) is 0 Å². The fourth-order valence-electron chi connectivity index (χ4n) is 7.51. The second-order valence-corrected chi connectivity index (χ2v) is 11.5. The van der Waals surface area contributed by atoms with E-state index in [9.17, 15) is 47.4 Å². The van der Waals surface area contributed by atoms with Crippen molar-refractivity contribution in [3.63, 3.8) is 0 Å². The lowest BCUT2D eigenvalue weighted by atomic mass is 9.52. The van der Waals surface area contributed by atoms with Gasteiger partial charge in [0.25, 0.3) is 0 Å². The van der Waals surface area contributed by atoms with Gasteiger partial charge in [0.1, 0.15) is 5.75 Å². The molecular formula is C27H30F3N3O7. The van der Waals surface area contributed by atoms with E-state index < -0.39 is 99.4 Å². The van der Waals surface area contributed by atoms with Gasteiger partial charge in [-0.2, -0.15) is 13.2 Å². The largest absolute Gasteiger partial charge is 0.507 e. The van der Waals surface area contributed by atoms with E-state index in [0.717, 1.165) is 0 Å². The molecule has 2 saturated carbocycles. The van der Waals surface area contributed by atoms with E-state index in [2.05, 4.69) is 0 Å². The Kier molecular flexibility index (Phi) is 6.51. The molecule has 1 aromatic rings. The van der Waals surface area contributed by atoms with Crippen LogP contribution in [0.1, 0.15) is 52.4 Å². The topological polar surface area (TPSA) is 158 Å². The zero-order valence-electron chi connectivity index (χ0n) is 22.2. The number of aliphatic hydroxyl groups is 1. The van der Waals surface area contributed by atoms with Gasteiger partial charge in [0, 0.05) is 24.6 Å². The molecule has 2 fully saturated rings. The fourth-order valence-corrected chi connectivity index (χ4v) is 7.51. The first-order valence-corrected chi connectivity index (χ1v) is 13.1. The lowest BCUT2D eigenvalue weighted by Gasteiger charge is -2.52. The van der Waals surface area contributed by atoms with Crippen molar-refractivity contribution in [2.45, 2.75) is 57.1 Å². The van der Waals surface area contributed by atoms with Crippen LogP contribution in [0.25, 0.3) is 0 Å². The van der Waals surface area contributed by atoms with Gasteiger partial charge in [0.05, 0.1) is 23.1 Å². The number of aromatic hydroxyl groups is 1. The number of benzene rings is 1. The Bertz CT molecular complexity index is 1370. The van der Waals surface area contributed by atoms with Gasteiger partial charge in [-0.25, -0.2) is 0 Å². The Hall–Kier alpha value is -3.16. The molecule has 2 unspecified atom stereocenters. The van der Waals surface area contributed by atoms with Gasteiger partial charge in [-0.1, -0.05) is 6.92 Å². The highest BCUT2D eigenvalue weighted by atomic mass is 19.4. The van der Waals surface area contributed by atoms with Crippen molar-refractivity contribution in [2.75, 3.05) is 20.6 Å². The average molecular weight is 566 g/mol. The lowest BCUT2D eigenvalue weighted by Crippen LogP contribution is -2.74. The van der Waals surface area contributed by atoms with Gasteiger partial charge >= 0.3 is 6.18 Å². The standard InChI is InChI=1S/C27H30F3N3O7/c1-4-5-33-8-12-13(9-33)20(34)16-11(18(12)27(28,29)30)6-10-7-14-19(32(2)3)22(36)17(25(31)39)24(38)26(14,40)23(37)15(10)21(16)35/h10,14-15,17,19,34,40H,4-9H2,1-3H3,(H2,31,39)/t10-,14-,15?,17?,19-,26-/m0/s1. The number of likely N-dealkylation sites (N-methyl/N-ethyl adjacent to an activating group) is 1. The summed E-state index contributed by atoms with van der Waals surface area (Å²) in [5.41, 5.74) is 0.147. The van der Waals surface area contributed by atoms with E-state index in [0.29, 0.717) is 13.0 Å². The molecule has 5 rings (SSSR count). The minimum absolute atomic E-state index is 0.0158. The van der Waals surface area contributed by atoms with Crippen LogP contribution >= 0.6 is 0 Å². The SMILES string of the molecule is CCCN1Cc2c(O)c3c(c(C(F)(F)F)c2C1)C[C@H]1C[C@H]2[C@H](N(C)C)C(=O)C(C(N)=O)C(=O)[C@@]2(O)C(=O)C1C3=O. The summed E-state index contributed by atoms with van der Waals surface area (Å²) < 4.78 is 43.7.